The van der Waals surface area contributed by atoms with Gasteiger partial charge in [-0.1, -0.05) is 64.8 Å². The maximum Gasteiger partial charge on any atom is 0.261 e. The van der Waals surface area contributed by atoms with Gasteiger partial charge in [0.25, 0.3) is 5.91 Å². The predicted molar refractivity (Wildman–Crippen MR) is 124 cm³/mol. The molecule has 2 amide bonds. The summed E-state index contributed by atoms with van der Waals surface area (Å²) in [7, 11) is 0. The summed E-state index contributed by atoms with van der Waals surface area (Å²) in [6, 6.07) is 14.5. The van der Waals surface area contributed by atoms with E-state index >= 15 is 0 Å². The molecule has 0 aliphatic heterocycles. The number of carbonyl (C=O) groups is 2. The lowest BCUT2D eigenvalue weighted by molar-refractivity contribution is -0.142. The summed E-state index contributed by atoms with van der Waals surface area (Å²) < 4.78 is 6.49. The Labute approximate surface area is 191 Å². The summed E-state index contributed by atoms with van der Waals surface area (Å²) in [5.74, 6) is 0.0159. The Balaban J connectivity index is 2.14. The van der Waals surface area contributed by atoms with Crippen LogP contribution in [0.2, 0.25) is 5.02 Å². The number of carbonyl (C=O) groups excluding carboxylic acids is 2. The molecule has 0 unspecified atom stereocenters. The molecule has 0 spiro atoms. The molecule has 162 valence electrons. The standard InChI is InChI=1S/C23H28BrClN2O3/c1-4-20(23(29)26-16(2)3)27(13-12-17-8-6-5-7-9-17)22(28)15-30-21-11-10-18(24)14-19(21)25/h5-11,14,16,20H,4,12-13,15H2,1-3H3,(H,26,29)/t20-/m0/s1. The number of nitrogens with zero attached hydrogens (tertiary/aromatic N) is 1. The van der Waals surface area contributed by atoms with E-state index in [1.165, 1.54) is 0 Å². The normalized spacial score (nSPS) is 11.8. The Morgan fingerprint density at radius 2 is 1.87 bits per heavy atom. The minimum Gasteiger partial charge on any atom is -0.482 e. The Morgan fingerprint density at radius 1 is 1.17 bits per heavy atom. The first kappa shape index (κ1) is 24.2. The van der Waals surface area contributed by atoms with Crippen molar-refractivity contribution in [2.45, 2.75) is 45.7 Å². The van der Waals surface area contributed by atoms with Crippen molar-refractivity contribution < 1.29 is 14.3 Å². The number of rotatable bonds is 10. The molecule has 1 atom stereocenters. The molecule has 2 rings (SSSR count). The number of amides is 2. The van der Waals surface area contributed by atoms with Gasteiger partial charge in [0.15, 0.2) is 6.61 Å². The monoisotopic (exact) mass is 494 g/mol. The van der Waals surface area contributed by atoms with E-state index in [9.17, 15) is 9.59 Å². The molecule has 0 radical (unpaired) electrons. The topological polar surface area (TPSA) is 58.6 Å². The maximum atomic E-state index is 13.1. The van der Waals surface area contributed by atoms with Crippen LogP contribution in [0.15, 0.2) is 53.0 Å². The van der Waals surface area contributed by atoms with E-state index in [0.717, 1.165) is 10.0 Å². The number of hydrogen-bond donors (Lipinski definition) is 1. The van der Waals surface area contributed by atoms with Gasteiger partial charge in [-0.15, -0.1) is 0 Å². The van der Waals surface area contributed by atoms with Crippen molar-refractivity contribution >= 4 is 39.3 Å². The van der Waals surface area contributed by atoms with Crippen LogP contribution in [-0.4, -0.2) is 41.9 Å². The van der Waals surface area contributed by atoms with Crippen molar-refractivity contribution in [2.75, 3.05) is 13.2 Å². The summed E-state index contributed by atoms with van der Waals surface area (Å²) in [5.41, 5.74) is 1.10. The molecule has 7 heteroatoms. The van der Waals surface area contributed by atoms with E-state index in [-0.39, 0.29) is 24.5 Å². The van der Waals surface area contributed by atoms with Crippen molar-refractivity contribution in [2.24, 2.45) is 0 Å². The molecule has 2 aromatic carbocycles. The van der Waals surface area contributed by atoms with E-state index in [4.69, 9.17) is 16.3 Å². The zero-order chi connectivity index (χ0) is 22.1. The summed E-state index contributed by atoms with van der Waals surface area (Å²) >= 11 is 9.53. The van der Waals surface area contributed by atoms with Crippen molar-refractivity contribution in [3.63, 3.8) is 0 Å². The predicted octanol–water partition coefficient (Wildman–Crippen LogP) is 4.86. The van der Waals surface area contributed by atoms with Gasteiger partial charge < -0.3 is 15.0 Å². The van der Waals surface area contributed by atoms with Crippen LogP contribution in [0.5, 0.6) is 5.75 Å². The van der Waals surface area contributed by atoms with Crippen LogP contribution in [0.1, 0.15) is 32.8 Å². The van der Waals surface area contributed by atoms with Gasteiger partial charge in [0.2, 0.25) is 5.91 Å². The van der Waals surface area contributed by atoms with Crippen LogP contribution in [0, 0.1) is 0 Å². The van der Waals surface area contributed by atoms with Gasteiger partial charge in [-0.2, -0.15) is 0 Å². The van der Waals surface area contributed by atoms with E-state index < -0.39 is 6.04 Å². The minimum absolute atomic E-state index is 0.00422. The first-order valence-electron chi connectivity index (χ1n) is 10.0. The molecule has 0 heterocycles. The molecule has 0 fully saturated rings. The molecular formula is C23H28BrClN2O3. The second-order valence-electron chi connectivity index (χ2n) is 7.27. The highest BCUT2D eigenvalue weighted by atomic mass is 79.9. The van der Waals surface area contributed by atoms with Crippen LogP contribution < -0.4 is 10.1 Å². The zero-order valence-corrected chi connectivity index (χ0v) is 19.9. The molecule has 0 aliphatic carbocycles. The summed E-state index contributed by atoms with van der Waals surface area (Å²) in [6.45, 7) is 5.94. The third-order valence-electron chi connectivity index (χ3n) is 4.55. The quantitative estimate of drug-likeness (QED) is 0.512. The van der Waals surface area contributed by atoms with Crippen LogP contribution in [0.3, 0.4) is 0 Å². The third-order valence-corrected chi connectivity index (χ3v) is 5.33. The highest BCUT2D eigenvalue weighted by Gasteiger charge is 2.29. The molecule has 2 aromatic rings. The lowest BCUT2D eigenvalue weighted by Crippen LogP contribution is -2.52. The number of ether oxygens (including phenoxy) is 1. The molecular weight excluding hydrogens is 468 g/mol. The van der Waals surface area contributed by atoms with Gasteiger partial charge in [0.05, 0.1) is 5.02 Å². The smallest absolute Gasteiger partial charge is 0.261 e. The van der Waals surface area contributed by atoms with E-state index in [1.54, 1.807) is 23.1 Å². The highest BCUT2D eigenvalue weighted by molar-refractivity contribution is 9.10. The Hall–Kier alpha value is -2.05. The van der Waals surface area contributed by atoms with Crippen molar-refractivity contribution in [3.8, 4) is 5.75 Å². The van der Waals surface area contributed by atoms with Gasteiger partial charge in [-0.3, -0.25) is 9.59 Å². The van der Waals surface area contributed by atoms with Crippen LogP contribution in [-0.2, 0) is 16.0 Å². The number of halogens is 2. The molecule has 5 nitrogen and oxygen atoms in total. The first-order chi connectivity index (χ1) is 14.3. The number of hydrogen-bond acceptors (Lipinski definition) is 3. The Kier molecular flexibility index (Phi) is 9.66. The summed E-state index contributed by atoms with van der Waals surface area (Å²) in [6.07, 6.45) is 1.16. The molecule has 0 saturated heterocycles. The van der Waals surface area contributed by atoms with Crippen LogP contribution in [0.25, 0.3) is 0 Å². The van der Waals surface area contributed by atoms with Crippen molar-refractivity contribution in [1.82, 2.24) is 10.2 Å². The van der Waals surface area contributed by atoms with Gasteiger partial charge in [0, 0.05) is 17.1 Å². The SMILES string of the molecule is CC[C@@H](C(=O)NC(C)C)N(CCc1ccccc1)C(=O)COc1ccc(Br)cc1Cl. The molecule has 30 heavy (non-hydrogen) atoms. The lowest BCUT2D eigenvalue weighted by atomic mass is 10.1. The first-order valence-corrected chi connectivity index (χ1v) is 11.2. The fourth-order valence-corrected chi connectivity index (χ4v) is 3.82. The third kappa shape index (κ3) is 7.33. The fourth-order valence-electron chi connectivity index (χ4n) is 3.09. The molecule has 0 saturated carbocycles. The summed E-state index contributed by atoms with van der Waals surface area (Å²) in [4.78, 5) is 27.4. The van der Waals surface area contributed by atoms with Gasteiger partial charge >= 0.3 is 0 Å². The molecule has 0 aromatic heterocycles. The van der Waals surface area contributed by atoms with Gasteiger partial charge in [-0.25, -0.2) is 0 Å². The van der Waals surface area contributed by atoms with E-state index in [0.29, 0.717) is 30.2 Å². The highest BCUT2D eigenvalue weighted by Crippen LogP contribution is 2.27. The lowest BCUT2D eigenvalue weighted by Gasteiger charge is -2.31. The van der Waals surface area contributed by atoms with Crippen molar-refractivity contribution in [1.29, 1.82) is 0 Å². The van der Waals surface area contributed by atoms with Crippen LogP contribution in [0.4, 0.5) is 0 Å². The fraction of sp³-hybridized carbons (Fsp3) is 0.391. The van der Waals surface area contributed by atoms with Crippen LogP contribution >= 0.6 is 27.5 Å². The Morgan fingerprint density at radius 3 is 2.47 bits per heavy atom. The summed E-state index contributed by atoms with van der Waals surface area (Å²) in [5, 5.41) is 3.33. The maximum absolute atomic E-state index is 13.1. The zero-order valence-electron chi connectivity index (χ0n) is 17.5. The average Bonchev–Trinajstić information content (AvgIpc) is 2.70. The second-order valence-corrected chi connectivity index (χ2v) is 8.60. The van der Waals surface area contributed by atoms with Gasteiger partial charge in [0.1, 0.15) is 11.8 Å². The Bertz CT molecular complexity index is 846. The largest absolute Gasteiger partial charge is 0.482 e. The number of benzene rings is 2. The average molecular weight is 496 g/mol. The van der Waals surface area contributed by atoms with E-state index in [2.05, 4.69) is 21.2 Å². The molecule has 0 bridgehead atoms. The molecule has 1 N–H and O–H groups in total. The molecule has 0 aliphatic rings. The minimum atomic E-state index is -0.562. The van der Waals surface area contributed by atoms with Gasteiger partial charge in [-0.05, 0) is 50.5 Å². The second kappa shape index (κ2) is 12.0. The van der Waals surface area contributed by atoms with E-state index in [1.807, 2.05) is 51.1 Å². The van der Waals surface area contributed by atoms with Crippen molar-refractivity contribution in [3.05, 3.63) is 63.6 Å². The number of nitrogens with one attached hydrogen (secondary N) is 1.